The molecule has 0 saturated carbocycles. The summed E-state index contributed by atoms with van der Waals surface area (Å²) in [5, 5.41) is 12.1. The van der Waals surface area contributed by atoms with Gasteiger partial charge in [0.1, 0.15) is 5.60 Å². The summed E-state index contributed by atoms with van der Waals surface area (Å²) >= 11 is 1.67. The smallest absolute Gasteiger partial charge is 0.109 e. The molecule has 22 heavy (non-hydrogen) atoms. The van der Waals surface area contributed by atoms with Crippen molar-refractivity contribution < 1.29 is 5.11 Å². The van der Waals surface area contributed by atoms with Gasteiger partial charge in [-0.05, 0) is 37.8 Å². The second-order valence-electron chi connectivity index (χ2n) is 6.15. The molecular weight excluding hydrogens is 288 g/mol. The second kappa shape index (κ2) is 7.81. The Bertz CT molecular complexity index is 624. The first kappa shape index (κ1) is 17.1. The zero-order chi connectivity index (χ0) is 16.0. The summed E-state index contributed by atoms with van der Waals surface area (Å²) in [6.07, 6.45) is 5.90. The molecule has 0 aliphatic carbocycles. The van der Waals surface area contributed by atoms with E-state index in [1.807, 2.05) is 26.0 Å². The first-order chi connectivity index (χ1) is 10.6. The van der Waals surface area contributed by atoms with Gasteiger partial charge in [0, 0.05) is 16.0 Å². The minimum Gasteiger partial charge on any atom is -0.383 e. The number of hydrogen-bond acceptors (Lipinski definition) is 2. The van der Waals surface area contributed by atoms with Gasteiger partial charge in [-0.3, -0.25) is 0 Å². The molecule has 1 heterocycles. The maximum atomic E-state index is 10.9. The fourth-order valence-corrected chi connectivity index (χ4v) is 3.65. The number of aliphatic hydroxyl groups is 1. The van der Waals surface area contributed by atoms with E-state index in [0.29, 0.717) is 0 Å². The van der Waals surface area contributed by atoms with E-state index in [0.717, 1.165) is 11.3 Å². The van der Waals surface area contributed by atoms with Gasteiger partial charge in [-0.15, -0.1) is 17.3 Å². The maximum Gasteiger partial charge on any atom is 0.109 e. The van der Waals surface area contributed by atoms with Gasteiger partial charge < -0.3 is 5.11 Å². The molecule has 2 rings (SSSR count). The van der Waals surface area contributed by atoms with Crippen LogP contribution < -0.4 is 0 Å². The van der Waals surface area contributed by atoms with Crippen LogP contribution in [0.2, 0.25) is 0 Å². The van der Waals surface area contributed by atoms with Crippen molar-refractivity contribution in [3.05, 3.63) is 35.2 Å². The number of hydrogen-bond donors (Lipinski definition) is 1. The highest BCUT2D eigenvalue weighted by atomic mass is 32.1. The Kier molecular flexibility index (Phi) is 6.06. The molecule has 1 nitrogen and oxygen atoms in total. The molecule has 0 spiro atoms. The van der Waals surface area contributed by atoms with Crippen LogP contribution in [0.3, 0.4) is 0 Å². The van der Waals surface area contributed by atoms with E-state index in [1.165, 1.54) is 35.8 Å². The van der Waals surface area contributed by atoms with E-state index in [1.54, 1.807) is 11.3 Å². The summed E-state index contributed by atoms with van der Waals surface area (Å²) in [4.78, 5) is 1.00. The summed E-state index contributed by atoms with van der Waals surface area (Å²) in [5.74, 6) is 6.43. The summed E-state index contributed by atoms with van der Waals surface area (Å²) in [7, 11) is 0. The second-order valence-corrected chi connectivity index (χ2v) is 7.23. The number of unbranched alkanes of at least 4 members (excludes halogenated alkanes) is 4. The van der Waals surface area contributed by atoms with E-state index in [-0.39, 0.29) is 5.92 Å². The van der Waals surface area contributed by atoms with Crippen LogP contribution in [0.25, 0.3) is 10.1 Å². The Balaban J connectivity index is 2.03. The quantitative estimate of drug-likeness (QED) is 0.534. The predicted molar refractivity (Wildman–Crippen MR) is 97.1 cm³/mol. The summed E-state index contributed by atoms with van der Waals surface area (Å²) in [5.41, 5.74) is -0.889. The SMILES string of the molecule is CCCCCCC#CC(C)C(C)(O)c1cc2ccccc2s1. The minimum absolute atomic E-state index is 0.0632. The van der Waals surface area contributed by atoms with E-state index in [2.05, 4.69) is 37.0 Å². The summed E-state index contributed by atoms with van der Waals surface area (Å²) < 4.78 is 1.22. The van der Waals surface area contributed by atoms with Crippen LogP contribution in [-0.2, 0) is 5.60 Å². The molecule has 0 radical (unpaired) electrons. The summed E-state index contributed by atoms with van der Waals surface area (Å²) in [6.45, 7) is 6.12. The number of benzene rings is 1. The molecule has 0 bridgehead atoms. The van der Waals surface area contributed by atoms with Gasteiger partial charge in [-0.1, -0.05) is 50.3 Å². The van der Waals surface area contributed by atoms with Crippen LogP contribution in [0.1, 0.15) is 57.8 Å². The highest BCUT2D eigenvalue weighted by Gasteiger charge is 2.31. The molecule has 1 N–H and O–H groups in total. The van der Waals surface area contributed by atoms with Gasteiger partial charge in [0.15, 0.2) is 0 Å². The minimum atomic E-state index is -0.889. The van der Waals surface area contributed by atoms with Crippen LogP contribution >= 0.6 is 11.3 Å². The maximum absolute atomic E-state index is 10.9. The van der Waals surface area contributed by atoms with Crippen LogP contribution in [0.5, 0.6) is 0 Å². The lowest BCUT2D eigenvalue weighted by Gasteiger charge is -2.25. The first-order valence-corrected chi connectivity index (χ1v) is 9.07. The Morgan fingerprint density at radius 1 is 1.23 bits per heavy atom. The van der Waals surface area contributed by atoms with Gasteiger partial charge in [0.2, 0.25) is 0 Å². The zero-order valence-corrected chi connectivity index (χ0v) is 14.7. The number of thiophene rings is 1. The van der Waals surface area contributed by atoms with E-state index in [9.17, 15) is 5.11 Å². The van der Waals surface area contributed by atoms with Gasteiger partial charge >= 0.3 is 0 Å². The largest absolute Gasteiger partial charge is 0.383 e. The van der Waals surface area contributed by atoms with Gasteiger partial charge in [-0.25, -0.2) is 0 Å². The van der Waals surface area contributed by atoms with Crippen molar-refractivity contribution in [2.45, 2.75) is 58.5 Å². The van der Waals surface area contributed by atoms with E-state index >= 15 is 0 Å². The molecule has 1 aromatic heterocycles. The van der Waals surface area contributed by atoms with Crippen molar-refractivity contribution >= 4 is 21.4 Å². The molecule has 0 saturated heterocycles. The molecule has 2 heteroatoms. The third kappa shape index (κ3) is 4.12. The number of fused-ring (bicyclic) bond motifs is 1. The van der Waals surface area contributed by atoms with Crippen LogP contribution in [-0.4, -0.2) is 5.11 Å². The van der Waals surface area contributed by atoms with Gasteiger partial charge in [0.25, 0.3) is 0 Å². The monoisotopic (exact) mass is 314 g/mol. The highest BCUT2D eigenvalue weighted by Crippen LogP contribution is 2.37. The molecule has 2 unspecified atom stereocenters. The number of rotatable bonds is 6. The first-order valence-electron chi connectivity index (χ1n) is 8.25. The van der Waals surface area contributed by atoms with E-state index < -0.39 is 5.60 Å². The molecule has 0 fully saturated rings. The topological polar surface area (TPSA) is 20.2 Å². The van der Waals surface area contributed by atoms with Crippen molar-refractivity contribution in [2.24, 2.45) is 5.92 Å². The van der Waals surface area contributed by atoms with Gasteiger partial charge in [0.05, 0.1) is 5.92 Å². The lowest BCUT2D eigenvalue weighted by atomic mass is 9.89. The summed E-state index contributed by atoms with van der Waals surface area (Å²) in [6, 6.07) is 10.4. The van der Waals surface area contributed by atoms with E-state index in [4.69, 9.17) is 0 Å². The Morgan fingerprint density at radius 3 is 2.73 bits per heavy atom. The molecule has 0 aliphatic rings. The van der Waals surface area contributed by atoms with Gasteiger partial charge in [-0.2, -0.15) is 0 Å². The van der Waals surface area contributed by atoms with Crippen molar-refractivity contribution in [1.82, 2.24) is 0 Å². The Morgan fingerprint density at radius 2 is 2.00 bits per heavy atom. The molecule has 0 amide bonds. The molecule has 1 aromatic carbocycles. The van der Waals surface area contributed by atoms with Crippen molar-refractivity contribution in [1.29, 1.82) is 0 Å². The standard InChI is InChI=1S/C20H26OS/c1-4-5-6-7-8-9-12-16(2)20(3,21)19-15-17-13-10-11-14-18(17)22-19/h10-11,13-16,21H,4-8H2,1-3H3. The van der Waals surface area contributed by atoms with Crippen molar-refractivity contribution in [3.63, 3.8) is 0 Å². The molecule has 118 valence electrons. The molecule has 2 atom stereocenters. The lowest BCUT2D eigenvalue weighted by molar-refractivity contribution is 0.0277. The van der Waals surface area contributed by atoms with Crippen molar-refractivity contribution in [3.8, 4) is 11.8 Å². The van der Waals surface area contributed by atoms with Crippen molar-refractivity contribution in [2.75, 3.05) is 0 Å². The van der Waals surface area contributed by atoms with Crippen LogP contribution in [0, 0.1) is 17.8 Å². The third-order valence-electron chi connectivity index (χ3n) is 4.24. The third-order valence-corrected chi connectivity index (χ3v) is 5.58. The average Bonchev–Trinajstić information content (AvgIpc) is 2.95. The fraction of sp³-hybridized carbons (Fsp3) is 0.500. The zero-order valence-electron chi connectivity index (χ0n) is 13.9. The Labute approximate surface area is 138 Å². The molecular formula is C20H26OS. The van der Waals surface area contributed by atoms with Crippen LogP contribution in [0.15, 0.2) is 30.3 Å². The molecule has 0 aliphatic heterocycles. The lowest BCUT2D eigenvalue weighted by Crippen LogP contribution is -2.27. The fourth-order valence-electron chi connectivity index (χ4n) is 2.45. The predicted octanol–water partition coefficient (Wildman–Crippen LogP) is 5.72. The van der Waals surface area contributed by atoms with Crippen LogP contribution in [0.4, 0.5) is 0 Å². The normalized spacial score (nSPS) is 15.1. The molecule has 2 aromatic rings. The average molecular weight is 314 g/mol. The Hall–Kier alpha value is -1.30. The highest BCUT2D eigenvalue weighted by molar-refractivity contribution is 7.19.